The largest absolute Gasteiger partial charge is 0.340 e. The van der Waals surface area contributed by atoms with Gasteiger partial charge in [-0.2, -0.15) is 5.10 Å². The third kappa shape index (κ3) is 1.70. The van der Waals surface area contributed by atoms with Gasteiger partial charge in [0, 0.05) is 13.0 Å². The van der Waals surface area contributed by atoms with Gasteiger partial charge in [-0.25, -0.2) is 9.89 Å². The molecule has 5 nitrogen and oxygen atoms in total. The molecule has 0 spiro atoms. The first kappa shape index (κ1) is 7.01. The van der Waals surface area contributed by atoms with Crippen LogP contribution in [0.1, 0.15) is 5.82 Å². The van der Waals surface area contributed by atoms with E-state index in [0.717, 1.165) is 13.0 Å². The summed E-state index contributed by atoms with van der Waals surface area (Å²) in [5, 5.41) is 8.96. The average Bonchev–Trinajstić information content (AvgIpc) is 2.31. The van der Waals surface area contributed by atoms with Crippen LogP contribution in [0, 0.1) is 0 Å². The minimum absolute atomic E-state index is 0.244. The van der Waals surface area contributed by atoms with Gasteiger partial charge in [0.25, 0.3) is 0 Å². The Hall–Kier alpha value is -1.10. The number of hydrogen-bond donors (Lipinski definition) is 3. The molecule has 0 unspecified atom stereocenters. The summed E-state index contributed by atoms with van der Waals surface area (Å²) in [6.45, 7) is 0.820. The standard InChI is InChI=1S/C5H10N4O/c1-6-3-2-4-7-5(10)9-8-4/h6H,2-3H2,1H3,(H2,7,8,9,10). The van der Waals surface area contributed by atoms with Crippen molar-refractivity contribution in [2.75, 3.05) is 13.6 Å². The highest BCUT2D eigenvalue weighted by Crippen LogP contribution is 1.80. The summed E-state index contributed by atoms with van der Waals surface area (Å²) in [4.78, 5) is 13.0. The van der Waals surface area contributed by atoms with Crippen molar-refractivity contribution in [3.63, 3.8) is 0 Å². The Balaban J connectivity index is 2.50. The molecule has 0 aliphatic carbocycles. The molecule has 5 heteroatoms. The molecule has 1 aromatic heterocycles. The lowest BCUT2D eigenvalue weighted by Gasteiger charge is -1.91. The van der Waals surface area contributed by atoms with E-state index < -0.39 is 0 Å². The molecular formula is C5H10N4O. The molecule has 1 heterocycles. The summed E-state index contributed by atoms with van der Waals surface area (Å²) in [5.74, 6) is 0.694. The zero-order valence-corrected chi connectivity index (χ0v) is 5.77. The van der Waals surface area contributed by atoms with Crippen molar-refractivity contribution in [2.45, 2.75) is 6.42 Å². The number of rotatable bonds is 3. The summed E-state index contributed by atoms with van der Waals surface area (Å²) in [7, 11) is 1.85. The molecule has 0 fully saturated rings. The van der Waals surface area contributed by atoms with Gasteiger partial charge in [0.2, 0.25) is 0 Å². The molecule has 0 aliphatic rings. The van der Waals surface area contributed by atoms with E-state index in [4.69, 9.17) is 0 Å². The van der Waals surface area contributed by atoms with Crippen molar-refractivity contribution >= 4 is 0 Å². The van der Waals surface area contributed by atoms with Crippen LogP contribution in [0.15, 0.2) is 4.79 Å². The minimum Gasteiger partial charge on any atom is -0.319 e. The molecule has 0 aliphatic heterocycles. The fraction of sp³-hybridized carbons (Fsp3) is 0.600. The highest BCUT2D eigenvalue weighted by atomic mass is 16.1. The van der Waals surface area contributed by atoms with Gasteiger partial charge in [-0.3, -0.25) is 4.98 Å². The van der Waals surface area contributed by atoms with Crippen LogP contribution in [-0.2, 0) is 6.42 Å². The first-order valence-electron chi connectivity index (χ1n) is 3.11. The van der Waals surface area contributed by atoms with Crippen LogP contribution in [0.4, 0.5) is 0 Å². The first-order chi connectivity index (χ1) is 4.83. The third-order valence-electron chi connectivity index (χ3n) is 1.16. The number of likely N-dealkylation sites (N-methyl/N-ethyl adjacent to an activating group) is 1. The number of hydrogen-bond acceptors (Lipinski definition) is 3. The zero-order valence-electron chi connectivity index (χ0n) is 5.77. The maximum atomic E-state index is 10.5. The molecule has 3 N–H and O–H groups in total. The molecule has 0 aromatic carbocycles. The second-order valence-electron chi connectivity index (χ2n) is 1.98. The Labute approximate surface area is 57.9 Å². The lowest BCUT2D eigenvalue weighted by Crippen LogP contribution is -2.11. The molecule has 56 valence electrons. The molecule has 1 aromatic rings. The van der Waals surface area contributed by atoms with Crippen LogP contribution < -0.4 is 11.0 Å². The third-order valence-corrected chi connectivity index (χ3v) is 1.16. The predicted molar refractivity (Wildman–Crippen MR) is 36.8 cm³/mol. The van der Waals surface area contributed by atoms with Gasteiger partial charge in [0.1, 0.15) is 5.82 Å². The van der Waals surface area contributed by atoms with E-state index in [-0.39, 0.29) is 5.69 Å². The van der Waals surface area contributed by atoms with Gasteiger partial charge in [-0.15, -0.1) is 0 Å². The normalized spacial score (nSPS) is 10.1. The van der Waals surface area contributed by atoms with Crippen LogP contribution in [0.5, 0.6) is 0 Å². The lowest BCUT2D eigenvalue weighted by atomic mass is 10.4. The average molecular weight is 142 g/mol. The van der Waals surface area contributed by atoms with E-state index in [1.54, 1.807) is 0 Å². The molecule has 0 atom stereocenters. The van der Waals surface area contributed by atoms with Crippen LogP contribution in [0.2, 0.25) is 0 Å². The number of aromatic nitrogens is 3. The van der Waals surface area contributed by atoms with Gasteiger partial charge in [0.15, 0.2) is 0 Å². The van der Waals surface area contributed by atoms with Crippen molar-refractivity contribution in [2.24, 2.45) is 0 Å². The Morgan fingerprint density at radius 3 is 3.00 bits per heavy atom. The van der Waals surface area contributed by atoms with Crippen LogP contribution in [0.25, 0.3) is 0 Å². The lowest BCUT2D eigenvalue weighted by molar-refractivity contribution is 0.758. The number of aromatic amines is 2. The molecule has 1 rings (SSSR count). The van der Waals surface area contributed by atoms with Crippen molar-refractivity contribution in [1.82, 2.24) is 20.5 Å². The SMILES string of the molecule is CNCCc1n[nH]c(=O)[nH]1. The fourth-order valence-corrected chi connectivity index (χ4v) is 0.667. The number of H-pyrrole nitrogens is 2. The van der Waals surface area contributed by atoms with E-state index in [2.05, 4.69) is 20.5 Å². The topological polar surface area (TPSA) is 73.6 Å². The maximum Gasteiger partial charge on any atom is 0.340 e. The Morgan fingerprint density at radius 1 is 1.70 bits per heavy atom. The van der Waals surface area contributed by atoms with Crippen molar-refractivity contribution in [3.8, 4) is 0 Å². The summed E-state index contributed by atoms with van der Waals surface area (Å²) < 4.78 is 0. The fourth-order valence-electron chi connectivity index (χ4n) is 0.667. The first-order valence-corrected chi connectivity index (χ1v) is 3.11. The van der Waals surface area contributed by atoms with E-state index >= 15 is 0 Å². The highest BCUT2D eigenvalue weighted by Gasteiger charge is 1.94. The van der Waals surface area contributed by atoms with Crippen LogP contribution >= 0.6 is 0 Å². The molecule has 0 saturated heterocycles. The second kappa shape index (κ2) is 3.17. The van der Waals surface area contributed by atoms with Crippen LogP contribution in [0.3, 0.4) is 0 Å². The van der Waals surface area contributed by atoms with Crippen molar-refractivity contribution < 1.29 is 0 Å². The maximum absolute atomic E-state index is 10.5. The van der Waals surface area contributed by atoms with E-state index in [0.29, 0.717) is 5.82 Å². The molecule has 0 amide bonds. The Kier molecular flexibility index (Phi) is 2.22. The van der Waals surface area contributed by atoms with E-state index in [1.165, 1.54) is 0 Å². The summed E-state index contributed by atoms with van der Waals surface area (Å²) in [6.07, 6.45) is 0.745. The summed E-state index contributed by atoms with van der Waals surface area (Å²) in [6, 6.07) is 0. The van der Waals surface area contributed by atoms with Gasteiger partial charge in [0.05, 0.1) is 0 Å². The molecule has 0 radical (unpaired) electrons. The molecular weight excluding hydrogens is 132 g/mol. The summed E-state index contributed by atoms with van der Waals surface area (Å²) in [5.41, 5.74) is -0.244. The van der Waals surface area contributed by atoms with Crippen molar-refractivity contribution in [1.29, 1.82) is 0 Å². The van der Waals surface area contributed by atoms with Crippen LogP contribution in [-0.4, -0.2) is 28.8 Å². The quantitative estimate of drug-likeness (QED) is 0.499. The van der Waals surface area contributed by atoms with Gasteiger partial charge >= 0.3 is 5.69 Å². The number of nitrogens with one attached hydrogen (secondary N) is 3. The zero-order chi connectivity index (χ0) is 7.40. The second-order valence-corrected chi connectivity index (χ2v) is 1.98. The number of nitrogens with zero attached hydrogens (tertiary/aromatic N) is 1. The highest BCUT2D eigenvalue weighted by molar-refractivity contribution is 4.80. The predicted octanol–water partition coefficient (Wildman–Crippen LogP) is -1.14. The molecule has 0 saturated carbocycles. The monoisotopic (exact) mass is 142 g/mol. The van der Waals surface area contributed by atoms with Crippen molar-refractivity contribution in [3.05, 3.63) is 16.3 Å². The Morgan fingerprint density at radius 2 is 2.50 bits per heavy atom. The smallest absolute Gasteiger partial charge is 0.319 e. The minimum atomic E-state index is -0.244. The summed E-state index contributed by atoms with van der Waals surface area (Å²) >= 11 is 0. The van der Waals surface area contributed by atoms with Gasteiger partial charge < -0.3 is 5.32 Å². The van der Waals surface area contributed by atoms with E-state index in [9.17, 15) is 4.79 Å². The van der Waals surface area contributed by atoms with Gasteiger partial charge in [-0.05, 0) is 7.05 Å². The molecule has 10 heavy (non-hydrogen) atoms. The van der Waals surface area contributed by atoms with E-state index in [1.807, 2.05) is 7.05 Å². The molecule has 0 bridgehead atoms. The van der Waals surface area contributed by atoms with Gasteiger partial charge in [-0.1, -0.05) is 0 Å². The Bertz CT molecular complexity index is 238.